The zero-order valence-electron chi connectivity index (χ0n) is 11.4. The van der Waals surface area contributed by atoms with Crippen molar-refractivity contribution in [3.8, 4) is 0 Å². The van der Waals surface area contributed by atoms with Crippen LogP contribution in [0.1, 0.15) is 35.7 Å². The summed E-state index contributed by atoms with van der Waals surface area (Å²) in [6.07, 6.45) is 0. The van der Waals surface area contributed by atoms with E-state index in [4.69, 9.17) is 0 Å². The second kappa shape index (κ2) is 6.09. The number of rotatable bonds is 3. The van der Waals surface area contributed by atoms with E-state index in [0.717, 1.165) is 0 Å². The van der Waals surface area contributed by atoms with Gasteiger partial charge >= 0.3 is 0 Å². The van der Waals surface area contributed by atoms with Gasteiger partial charge in [0.25, 0.3) is 5.91 Å². The van der Waals surface area contributed by atoms with Crippen molar-refractivity contribution in [1.82, 2.24) is 0 Å². The third-order valence-electron chi connectivity index (χ3n) is 3.04. The Morgan fingerprint density at radius 1 is 1.15 bits per heavy atom. The van der Waals surface area contributed by atoms with Gasteiger partial charge in [0.05, 0.1) is 0 Å². The molecule has 0 aliphatic carbocycles. The molecule has 0 heterocycles. The van der Waals surface area contributed by atoms with Gasteiger partial charge in [-0.25, -0.2) is 4.39 Å². The van der Waals surface area contributed by atoms with Crippen molar-refractivity contribution < 1.29 is 9.18 Å². The Bertz CT molecular complexity index is 623. The Labute approximate surface area is 123 Å². The van der Waals surface area contributed by atoms with Gasteiger partial charge in [-0.2, -0.15) is 0 Å². The molecule has 2 aromatic rings. The van der Waals surface area contributed by atoms with Crippen molar-refractivity contribution in [2.75, 3.05) is 5.32 Å². The smallest absolute Gasteiger partial charge is 0.255 e. The molecule has 4 heteroatoms. The fourth-order valence-electron chi connectivity index (χ4n) is 1.81. The predicted octanol–water partition coefficient (Wildman–Crippen LogP) is 4.49. The second-order valence-electron chi connectivity index (χ2n) is 4.90. The third-order valence-corrected chi connectivity index (χ3v) is 3.39. The number of carbonyl (C=O) groups is 1. The summed E-state index contributed by atoms with van der Waals surface area (Å²) in [5, 5.41) is 2.78. The summed E-state index contributed by atoms with van der Waals surface area (Å²) >= 11 is 3.97. The van der Waals surface area contributed by atoms with Gasteiger partial charge in [0.15, 0.2) is 0 Å². The van der Waals surface area contributed by atoms with Crippen LogP contribution in [0.2, 0.25) is 0 Å². The molecule has 0 unspecified atom stereocenters. The van der Waals surface area contributed by atoms with E-state index >= 15 is 0 Å². The molecule has 0 fully saturated rings. The number of benzene rings is 2. The second-order valence-corrected chi connectivity index (χ2v) is 5.38. The lowest BCUT2D eigenvalue weighted by atomic mass is 10.0. The monoisotopic (exact) mass is 289 g/mol. The molecule has 1 N–H and O–H groups in total. The Hall–Kier alpha value is -1.81. The van der Waals surface area contributed by atoms with E-state index in [0.29, 0.717) is 17.2 Å². The fourth-order valence-corrected chi connectivity index (χ4v) is 2.02. The van der Waals surface area contributed by atoms with Crippen LogP contribution in [-0.2, 0) is 0 Å². The van der Waals surface area contributed by atoms with Crippen molar-refractivity contribution in [2.24, 2.45) is 0 Å². The van der Waals surface area contributed by atoms with Crippen LogP contribution in [0.5, 0.6) is 0 Å². The summed E-state index contributed by atoms with van der Waals surface area (Å²) in [5.41, 5.74) is 2.30. The van der Waals surface area contributed by atoms with Crippen molar-refractivity contribution in [3.63, 3.8) is 0 Å². The lowest BCUT2D eigenvalue weighted by molar-refractivity contribution is 0.102. The van der Waals surface area contributed by atoms with Crippen molar-refractivity contribution in [1.29, 1.82) is 0 Å². The maximum Gasteiger partial charge on any atom is 0.255 e. The van der Waals surface area contributed by atoms with Gasteiger partial charge in [-0.3, -0.25) is 4.79 Å². The van der Waals surface area contributed by atoms with E-state index in [-0.39, 0.29) is 10.8 Å². The molecule has 0 radical (unpaired) electrons. The Morgan fingerprint density at radius 2 is 1.80 bits per heavy atom. The summed E-state index contributed by atoms with van der Waals surface area (Å²) in [4.78, 5) is 12.2. The van der Waals surface area contributed by atoms with Gasteiger partial charge in [0, 0.05) is 16.1 Å². The maximum atomic E-state index is 13.1. The average Bonchev–Trinajstić information content (AvgIpc) is 2.42. The van der Waals surface area contributed by atoms with Crippen LogP contribution >= 0.6 is 12.6 Å². The van der Waals surface area contributed by atoms with Crippen LogP contribution in [0, 0.1) is 5.82 Å². The molecule has 0 atom stereocenters. The molecule has 104 valence electrons. The molecule has 0 spiro atoms. The molecule has 20 heavy (non-hydrogen) atoms. The summed E-state index contributed by atoms with van der Waals surface area (Å²) in [6.45, 7) is 4.22. The lowest BCUT2D eigenvalue weighted by Gasteiger charge is -2.09. The van der Waals surface area contributed by atoms with Crippen molar-refractivity contribution in [2.45, 2.75) is 24.7 Å². The standard InChI is InChI=1S/C16H16FNOS/c1-10(2)11-3-6-13(7-4-11)18-16(19)12-5-8-14(17)15(20)9-12/h3-10,20H,1-2H3,(H,18,19). The molecule has 0 saturated carbocycles. The molecule has 1 amide bonds. The molecule has 0 bridgehead atoms. The molecule has 0 aliphatic rings. The van der Waals surface area contributed by atoms with E-state index in [1.165, 1.54) is 23.8 Å². The minimum atomic E-state index is -0.439. The van der Waals surface area contributed by atoms with Gasteiger partial charge in [0.1, 0.15) is 5.82 Å². The number of carbonyl (C=O) groups excluding carboxylic acids is 1. The van der Waals surface area contributed by atoms with Gasteiger partial charge in [-0.1, -0.05) is 26.0 Å². The number of amides is 1. The number of hydrogen-bond donors (Lipinski definition) is 2. The average molecular weight is 289 g/mol. The summed E-state index contributed by atoms with van der Waals surface area (Å²) in [5.74, 6) is -0.271. The van der Waals surface area contributed by atoms with Crippen LogP contribution < -0.4 is 5.32 Å². The van der Waals surface area contributed by atoms with E-state index in [1.807, 2.05) is 24.3 Å². The minimum absolute atomic E-state index is 0.160. The van der Waals surface area contributed by atoms with Crippen LogP contribution in [-0.4, -0.2) is 5.91 Å². The summed E-state index contributed by atoms with van der Waals surface area (Å²) < 4.78 is 13.1. The molecule has 0 aromatic heterocycles. The highest BCUT2D eigenvalue weighted by Crippen LogP contribution is 2.19. The van der Waals surface area contributed by atoms with Crippen LogP contribution in [0.3, 0.4) is 0 Å². The quantitative estimate of drug-likeness (QED) is 0.801. The highest BCUT2D eigenvalue weighted by Gasteiger charge is 2.08. The molecular formula is C16H16FNOS. The first-order chi connectivity index (χ1) is 9.47. The normalized spacial score (nSPS) is 10.7. The number of nitrogens with one attached hydrogen (secondary N) is 1. The van der Waals surface area contributed by atoms with E-state index in [1.54, 1.807) is 0 Å². The first-order valence-electron chi connectivity index (χ1n) is 6.37. The predicted molar refractivity (Wildman–Crippen MR) is 82.1 cm³/mol. The Balaban J connectivity index is 2.12. The molecule has 2 rings (SSSR count). The number of hydrogen-bond acceptors (Lipinski definition) is 2. The van der Waals surface area contributed by atoms with Crippen LogP contribution in [0.25, 0.3) is 0 Å². The van der Waals surface area contributed by atoms with Crippen molar-refractivity contribution in [3.05, 3.63) is 59.4 Å². The number of thiol groups is 1. The highest BCUT2D eigenvalue weighted by atomic mass is 32.1. The van der Waals surface area contributed by atoms with Crippen LogP contribution in [0.15, 0.2) is 47.4 Å². The molecule has 0 aliphatic heterocycles. The van der Waals surface area contributed by atoms with Crippen LogP contribution in [0.4, 0.5) is 10.1 Å². The molecular weight excluding hydrogens is 273 g/mol. The highest BCUT2D eigenvalue weighted by molar-refractivity contribution is 7.80. The molecule has 2 nitrogen and oxygen atoms in total. The maximum absolute atomic E-state index is 13.1. The zero-order valence-corrected chi connectivity index (χ0v) is 12.2. The van der Waals surface area contributed by atoms with Gasteiger partial charge in [-0.05, 0) is 41.8 Å². The number of anilines is 1. The van der Waals surface area contributed by atoms with Crippen molar-refractivity contribution >= 4 is 24.2 Å². The summed E-state index contributed by atoms with van der Waals surface area (Å²) in [7, 11) is 0. The summed E-state index contributed by atoms with van der Waals surface area (Å²) in [6, 6.07) is 11.8. The largest absolute Gasteiger partial charge is 0.322 e. The zero-order chi connectivity index (χ0) is 14.7. The topological polar surface area (TPSA) is 29.1 Å². The first-order valence-corrected chi connectivity index (χ1v) is 6.82. The SMILES string of the molecule is CC(C)c1ccc(NC(=O)c2ccc(F)c(S)c2)cc1. The van der Waals surface area contributed by atoms with Gasteiger partial charge < -0.3 is 5.32 Å². The fraction of sp³-hybridized carbons (Fsp3) is 0.188. The van der Waals surface area contributed by atoms with E-state index in [9.17, 15) is 9.18 Å². The number of halogens is 1. The Kier molecular flexibility index (Phi) is 4.45. The Morgan fingerprint density at radius 3 is 2.35 bits per heavy atom. The molecule has 2 aromatic carbocycles. The first kappa shape index (κ1) is 14.6. The molecule has 0 saturated heterocycles. The lowest BCUT2D eigenvalue weighted by Crippen LogP contribution is -2.12. The third kappa shape index (κ3) is 3.39. The van der Waals surface area contributed by atoms with E-state index < -0.39 is 5.82 Å². The van der Waals surface area contributed by atoms with E-state index in [2.05, 4.69) is 31.8 Å². The van der Waals surface area contributed by atoms with Gasteiger partial charge in [0.2, 0.25) is 0 Å². The van der Waals surface area contributed by atoms with Gasteiger partial charge in [-0.15, -0.1) is 12.6 Å². The minimum Gasteiger partial charge on any atom is -0.322 e.